The number of nitrogens with zero attached hydrogens (tertiary/aromatic N) is 1. The third-order valence-electron chi connectivity index (χ3n) is 3.80. The monoisotopic (exact) mass is 405 g/mol. The summed E-state index contributed by atoms with van der Waals surface area (Å²) in [5.74, 6) is -0.459. The van der Waals surface area contributed by atoms with Gasteiger partial charge in [0.1, 0.15) is 11.5 Å². The van der Waals surface area contributed by atoms with Gasteiger partial charge in [-0.05, 0) is 48.0 Å². The molecule has 0 radical (unpaired) electrons. The van der Waals surface area contributed by atoms with Crippen LogP contribution < -0.4 is 0 Å². The number of hydrogen-bond donors (Lipinski definition) is 1. The second-order valence-electron chi connectivity index (χ2n) is 6.39. The van der Waals surface area contributed by atoms with Crippen LogP contribution in [0.3, 0.4) is 0 Å². The van der Waals surface area contributed by atoms with Crippen LogP contribution in [-0.4, -0.2) is 33.7 Å². The SMILES string of the molecule is CC(C)CN1C(=O)S/C(=C/c2ccc(-c3ccc(Cl)c(C(=O)O)c3)o2)C1=O. The number of benzene rings is 1. The number of thioether (sulfide) groups is 1. The maximum Gasteiger partial charge on any atom is 0.337 e. The van der Waals surface area contributed by atoms with Gasteiger partial charge in [-0.25, -0.2) is 4.79 Å². The van der Waals surface area contributed by atoms with E-state index in [4.69, 9.17) is 16.0 Å². The van der Waals surface area contributed by atoms with Crippen LogP contribution in [0.25, 0.3) is 17.4 Å². The molecule has 140 valence electrons. The summed E-state index contributed by atoms with van der Waals surface area (Å²) >= 11 is 6.75. The highest BCUT2D eigenvalue weighted by Gasteiger charge is 2.35. The van der Waals surface area contributed by atoms with E-state index in [1.165, 1.54) is 23.1 Å². The number of carboxylic acids is 1. The Balaban J connectivity index is 1.86. The molecular weight excluding hydrogens is 390 g/mol. The molecule has 3 rings (SSSR count). The average Bonchev–Trinajstić information content (AvgIpc) is 3.15. The van der Waals surface area contributed by atoms with Crippen molar-refractivity contribution in [3.63, 3.8) is 0 Å². The van der Waals surface area contributed by atoms with Gasteiger partial charge in [-0.2, -0.15) is 0 Å². The first-order chi connectivity index (χ1) is 12.8. The van der Waals surface area contributed by atoms with Crippen LogP contribution in [0.1, 0.15) is 30.0 Å². The van der Waals surface area contributed by atoms with Gasteiger partial charge < -0.3 is 9.52 Å². The fraction of sp³-hybridized carbons (Fsp3) is 0.211. The Morgan fingerprint density at radius 1 is 1.30 bits per heavy atom. The summed E-state index contributed by atoms with van der Waals surface area (Å²) in [5, 5.41) is 9.01. The van der Waals surface area contributed by atoms with Gasteiger partial charge in [0.05, 0.1) is 15.5 Å². The van der Waals surface area contributed by atoms with Crippen LogP contribution >= 0.6 is 23.4 Å². The normalized spacial score (nSPS) is 16.0. The lowest BCUT2D eigenvalue weighted by Crippen LogP contribution is -2.31. The van der Waals surface area contributed by atoms with Crippen molar-refractivity contribution in [1.82, 2.24) is 4.90 Å². The van der Waals surface area contributed by atoms with Crippen LogP contribution in [0.5, 0.6) is 0 Å². The topological polar surface area (TPSA) is 87.8 Å². The van der Waals surface area contributed by atoms with Crippen molar-refractivity contribution < 1.29 is 23.9 Å². The second-order valence-corrected chi connectivity index (χ2v) is 7.79. The fourth-order valence-electron chi connectivity index (χ4n) is 2.58. The van der Waals surface area contributed by atoms with Crippen LogP contribution in [0.2, 0.25) is 5.02 Å². The molecule has 1 N–H and O–H groups in total. The number of carbonyl (C=O) groups excluding carboxylic acids is 2. The number of imide groups is 1. The molecule has 2 aromatic rings. The van der Waals surface area contributed by atoms with Gasteiger partial charge in [0, 0.05) is 18.2 Å². The van der Waals surface area contributed by atoms with Gasteiger partial charge in [-0.15, -0.1) is 0 Å². The summed E-state index contributed by atoms with van der Waals surface area (Å²) < 4.78 is 5.70. The zero-order valence-corrected chi connectivity index (χ0v) is 16.1. The van der Waals surface area contributed by atoms with E-state index in [-0.39, 0.29) is 27.7 Å². The minimum absolute atomic E-state index is 0.0260. The van der Waals surface area contributed by atoms with Crippen molar-refractivity contribution >= 4 is 46.6 Å². The van der Waals surface area contributed by atoms with Gasteiger partial charge in [-0.1, -0.05) is 25.4 Å². The molecule has 2 heterocycles. The molecule has 0 spiro atoms. The van der Waals surface area contributed by atoms with Crippen LogP contribution in [0, 0.1) is 5.92 Å². The Hall–Kier alpha value is -2.51. The van der Waals surface area contributed by atoms with E-state index in [1.54, 1.807) is 18.2 Å². The third-order valence-corrected chi connectivity index (χ3v) is 5.04. The standard InChI is InChI=1S/C19H16ClNO5S/c1-10(2)9-21-17(22)16(27-19(21)25)8-12-4-6-15(26-12)11-3-5-14(20)13(7-11)18(23)24/h3-8,10H,9H2,1-2H3,(H,23,24)/b16-8+. The molecule has 0 unspecified atom stereocenters. The first-order valence-electron chi connectivity index (χ1n) is 8.14. The van der Waals surface area contributed by atoms with Crippen LogP contribution in [-0.2, 0) is 4.79 Å². The first-order valence-corrected chi connectivity index (χ1v) is 9.34. The molecule has 1 aliphatic rings. The number of aromatic carboxylic acids is 1. The van der Waals surface area contributed by atoms with Crippen molar-refractivity contribution in [2.75, 3.05) is 6.54 Å². The van der Waals surface area contributed by atoms with Gasteiger partial charge in [0.25, 0.3) is 11.1 Å². The highest BCUT2D eigenvalue weighted by molar-refractivity contribution is 8.18. The summed E-state index contributed by atoms with van der Waals surface area (Å²) in [6.07, 6.45) is 1.52. The van der Waals surface area contributed by atoms with E-state index >= 15 is 0 Å². The first kappa shape index (κ1) is 19.3. The van der Waals surface area contributed by atoms with Gasteiger partial charge in [0.2, 0.25) is 0 Å². The molecule has 1 aromatic heterocycles. The van der Waals surface area contributed by atoms with Crippen molar-refractivity contribution in [2.45, 2.75) is 13.8 Å². The lowest BCUT2D eigenvalue weighted by atomic mass is 10.1. The number of hydrogen-bond acceptors (Lipinski definition) is 5. The Bertz CT molecular complexity index is 963. The highest BCUT2D eigenvalue weighted by Crippen LogP contribution is 2.34. The molecule has 8 heteroatoms. The Labute approximate surface area is 164 Å². The largest absolute Gasteiger partial charge is 0.478 e. The molecule has 1 aromatic carbocycles. The summed E-state index contributed by atoms with van der Waals surface area (Å²) in [4.78, 5) is 37.1. The molecule has 1 fully saturated rings. The maximum absolute atomic E-state index is 12.4. The van der Waals surface area contributed by atoms with E-state index in [9.17, 15) is 19.5 Å². The average molecular weight is 406 g/mol. The Morgan fingerprint density at radius 3 is 2.70 bits per heavy atom. The molecular formula is C19H16ClNO5S. The predicted molar refractivity (Wildman–Crippen MR) is 104 cm³/mol. The van der Waals surface area contributed by atoms with Gasteiger partial charge in [-0.3, -0.25) is 14.5 Å². The zero-order valence-electron chi connectivity index (χ0n) is 14.6. The van der Waals surface area contributed by atoms with E-state index in [2.05, 4.69) is 0 Å². The smallest absolute Gasteiger partial charge is 0.337 e. The molecule has 0 atom stereocenters. The van der Waals surface area contributed by atoms with E-state index in [0.717, 1.165) is 11.8 Å². The summed E-state index contributed by atoms with van der Waals surface area (Å²) in [6, 6.07) is 7.87. The van der Waals surface area contributed by atoms with Crippen molar-refractivity contribution in [3.05, 3.63) is 51.6 Å². The number of halogens is 1. The lowest BCUT2D eigenvalue weighted by molar-refractivity contribution is -0.123. The van der Waals surface area contributed by atoms with Gasteiger partial charge >= 0.3 is 5.97 Å². The van der Waals surface area contributed by atoms with E-state index < -0.39 is 5.97 Å². The summed E-state index contributed by atoms with van der Waals surface area (Å²) in [5.41, 5.74) is 0.520. The Morgan fingerprint density at radius 2 is 2.04 bits per heavy atom. The number of carbonyl (C=O) groups is 3. The van der Waals surface area contributed by atoms with Crippen molar-refractivity contribution in [1.29, 1.82) is 0 Å². The zero-order chi connectivity index (χ0) is 19.7. The highest BCUT2D eigenvalue weighted by atomic mass is 35.5. The summed E-state index contributed by atoms with van der Waals surface area (Å²) in [6.45, 7) is 4.24. The lowest BCUT2D eigenvalue weighted by Gasteiger charge is -2.14. The quantitative estimate of drug-likeness (QED) is 0.705. The van der Waals surface area contributed by atoms with E-state index in [1.807, 2.05) is 13.8 Å². The summed E-state index contributed by atoms with van der Waals surface area (Å²) in [7, 11) is 0. The number of furan rings is 1. The molecule has 0 aliphatic carbocycles. The second kappa shape index (κ2) is 7.62. The minimum Gasteiger partial charge on any atom is -0.478 e. The molecule has 6 nitrogen and oxygen atoms in total. The molecule has 1 saturated heterocycles. The van der Waals surface area contributed by atoms with Crippen molar-refractivity contribution in [2.24, 2.45) is 5.92 Å². The fourth-order valence-corrected chi connectivity index (χ4v) is 3.61. The molecule has 2 amide bonds. The molecule has 0 saturated carbocycles. The maximum atomic E-state index is 12.4. The predicted octanol–water partition coefficient (Wildman–Crippen LogP) is 4.99. The molecule has 0 bridgehead atoms. The van der Waals surface area contributed by atoms with E-state index in [0.29, 0.717) is 28.5 Å². The number of amides is 2. The number of rotatable bonds is 5. The van der Waals surface area contributed by atoms with Crippen LogP contribution in [0.4, 0.5) is 4.79 Å². The minimum atomic E-state index is -1.13. The molecule has 27 heavy (non-hydrogen) atoms. The van der Waals surface area contributed by atoms with Crippen molar-refractivity contribution in [3.8, 4) is 11.3 Å². The Kier molecular flexibility index (Phi) is 5.43. The van der Waals surface area contributed by atoms with Crippen LogP contribution in [0.15, 0.2) is 39.7 Å². The van der Waals surface area contributed by atoms with Gasteiger partial charge in [0.15, 0.2) is 0 Å². The molecule has 1 aliphatic heterocycles. The number of carboxylic acid groups (broad SMARTS) is 1. The third kappa shape index (κ3) is 4.09.